The Morgan fingerprint density at radius 2 is 1.72 bits per heavy atom. The lowest BCUT2D eigenvalue weighted by atomic mass is 10.0. The smallest absolute Gasteiger partial charge is 0.254 e. The lowest BCUT2D eigenvalue weighted by Gasteiger charge is -2.34. The van der Waals surface area contributed by atoms with Crippen LogP contribution in [0.1, 0.15) is 25.7 Å². The van der Waals surface area contributed by atoms with Crippen LogP contribution in [0.2, 0.25) is 0 Å². The fourth-order valence-corrected chi connectivity index (χ4v) is 3.64. The maximum Gasteiger partial charge on any atom is 0.254 e. The van der Waals surface area contributed by atoms with Crippen molar-refractivity contribution < 1.29 is 0 Å². The van der Waals surface area contributed by atoms with Gasteiger partial charge in [0, 0.05) is 36.8 Å². The van der Waals surface area contributed by atoms with Gasteiger partial charge in [-0.3, -0.25) is 0 Å². The zero-order chi connectivity index (χ0) is 16.6. The van der Waals surface area contributed by atoms with Gasteiger partial charge in [-0.05, 0) is 25.7 Å². The Hall–Kier alpha value is -2.47. The molecule has 1 saturated heterocycles. The quantitative estimate of drug-likeness (QED) is 0.794. The van der Waals surface area contributed by atoms with Crippen molar-refractivity contribution in [1.29, 1.82) is 0 Å². The van der Waals surface area contributed by atoms with Gasteiger partial charge in [0.05, 0.1) is 5.69 Å². The standard InChI is InChI=1S/C19H22N6/c1-2-4-14(5-3-1)17-12-18(25-19(23-17)20-13-21-25)24-10-8-16(9-11-24)22-15-6-7-15/h1-5,12-13,15-16,22H,6-11H2. The van der Waals surface area contributed by atoms with Crippen LogP contribution in [-0.4, -0.2) is 44.8 Å². The topological polar surface area (TPSA) is 58.4 Å². The van der Waals surface area contributed by atoms with Crippen molar-refractivity contribution in [3.63, 3.8) is 0 Å². The molecule has 1 aliphatic heterocycles. The van der Waals surface area contributed by atoms with Crippen molar-refractivity contribution in [2.45, 2.75) is 37.8 Å². The molecule has 1 N–H and O–H groups in total. The molecule has 6 heteroatoms. The molecule has 3 aromatic rings. The SMILES string of the molecule is c1ccc(-c2cc(N3CCC(NC4CC4)CC3)n3ncnc3n2)cc1. The zero-order valence-electron chi connectivity index (χ0n) is 14.2. The van der Waals surface area contributed by atoms with Gasteiger partial charge < -0.3 is 10.2 Å². The Bertz CT molecular complexity index is 862. The van der Waals surface area contributed by atoms with Crippen molar-refractivity contribution in [2.75, 3.05) is 18.0 Å². The molecule has 128 valence electrons. The molecule has 0 unspecified atom stereocenters. The minimum atomic E-state index is 0.658. The molecule has 0 atom stereocenters. The number of nitrogens with zero attached hydrogens (tertiary/aromatic N) is 5. The number of piperidine rings is 1. The van der Waals surface area contributed by atoms with E-state index in [1.54, 1.807) is 6.33 Å². The summed E-state index contributed by atoms with van der Waals surface area (Å²) < 4.78 is 1.86. The summed E-state index contributed by atoms with van der Waals surface area (Å²) in [4.78, 5) is 11.4. The highest BCUT2D eigenvalue weighted by molar-refractivity contribution is 5.65. The molecule has 0 spiro atoms. The van der Waals surface area contributed by atoms with Gasteiger partial charge >= 0.3 is 0 Å². The van der Waals surface area contributed by atoms with E-state index in [2.05, 4.69) is 43.5 Å². The molecule has 0 radical (unpaired) electrons. The number of anilines is 1. The second-order valence-electron chi connectivity index (χ2n) is 7.04. The summed E-state index contributed by atoms with van der Waals surface area (Å²) in [5.74, 6) is 1.75. The van der Waals surface area contributed by atoms with E-state index in [0.29, 0.717) is 11.8 Å². The van der Waals surface area contributed by atoms with Gasteiger partial charge in [-0.25, -0.2) is 4.98 Å². The van der Waals surface area contributed by atoms with E-state index >= 15 is 0 Å². The van der Waals surface area contributed by atoms with Gasteiger partial charge in [0.1, 0.15) is 12.1 Å². The van der Waals surface area contributed by atoms with Crippen LogP contribution >= 0.6 is 0 Å². The van der Waals surface area contributed by atoms with E-state index in [0.717, 1.165) is 36.2 Å². The van der Waals surface area contributed by atoms with E-state index in [1.807, 2.05) is 22.7 Å². The summed E-state index contributed by atoms with van der Waals surface area (Å²) in [6.45, 7) is 2.08. The normalized spacial score (nSPS) is 18.8. The second kappa shape index (κ2) is 6.11. The zero-order valence-corrected chi connectivity index (χ0v) is 14.2. The molecule has 5 rings (SSSR count). The van der Waals surface area contributed by atoms with Gasteiger partial charge in [0.25, 0.3) is 5.78 Å². The van der Waals surface area contributed by atoms with Crippen LogP contribution in [0.3, 0.4) is 0 Å². The number of hydrogen-bond donors (Lipinski definition) is 1. The van der Waals surface area contributed by atoms with Crippen LogP contribution in [0.5, 0.6) is 0 Å². The molecule has 2 aliphatic rings. The molecule has 1 saturated carbocycles. The Morgan fingerprint density at radius 3 is 2.48 bits per heavy atom. The van der Waals surface area contributed by atoms with Gasteiger partial charge in [-0.2, -0.15) is 14.6 Å². The number of benzene rings is 1. The number of aromatic nitrogens is 4. The van der Waals surface area contributed by atoms with Crippen LogP contribution in [-0.2, 0) is 0 Å². The summed E-state index contributed by atoms with van der Waals surface area (Å²) in [5.41, 5.74) is 2.06. The highest BCUT2D eigenvalue weighted by Gasteiger charge is 2.28. The van der Waals surface area contributed by atoms with Gasteiger partial charge in [-0.15, -0.1) is 0 Å². The van der Waals surface area contributed by atoms with E-state index < -0.39 is 0 Å². The predicted octanol–water partition coefficient (Wildman–Crippen LogP) is 2.51. The lowest BCUT2D eigenvalue weighted by Crippen LogP contribution is -2.43. The van der Waals surface area contributed by atoms with E-state index in [1.165, 1.54) is 25.7 Å². The fourth-order valence-electron chi connectivity index (χ4n) is 3.64. The molecule has 2 aromatic heterocycles. The second-order valence-corrected chi connectivity index (χ2v) is 7.04. The number of rotatable bonds is 4. The highest BCUT2D eigenvalue weighted by atomic mass is 15.4. The van der Waals surface area contributed by atoms with E-state index in [4.69, 9.17) is 0 Å². The number of fused-ring (bicyclic) bond motifs is 1. The van der Waals surface area contributed by atoms with Crippen LogP contribution in [0.4, 0.5) is 5.82 Å². The molecule has 0 amide bonds. The van der Waals surface area contributed by atoms with Crippen molar-refractivity contribution in [3.8, 4) is 11.3 Å². The van der Waals surface area contributed by atoms with Gasteiger partial charge in [0.15, 0.2) is 0 Å². The summed E-state index contributed by atoms with van der Waals surface area (Å²) in [6, 6.07) is 13.9. The Kier molecular flexibility index (Phi) is 3.63. The highest BCUT2D eigenvalue weighted by Crippen LogP contribution is 2.27. The molecule has 25 heavy (non-hydrogen) atoms. The number of hydrogen-bond acceptors (Lipinski definition) is 5. The fraction of sp³-hybridized carbons (Fsp3) is 0.421. The molecular formula is C19H22N6. The maximum atomic E-state index is 4.67. The average molecular weight is 334 g/mol. The van der Waals surface area contributed by atoms with Crippen LogP contribution in [0, 0.1) is 0 Å². The first kappa shape index (κ1) is 14.8. The largest absolute Gasteiger partial charge is 0.356 e. The van der Waals surface area contributed by atoms with Crippen molar-refractivity contribution in [1.82, 2.24) is 24.9 Å². The first-order valence-electron chi connectivity index (χ1n) is 9.14. The Morgan fingerprint density at radius 1 is 0.960 bits per heavy atom. The Balaban J connectivity index is 1.45. The first-order valence-corrected chi connectivity index (χ1v) is 9.14. The van der Waals surface area contributed by atoms with Crippen LogP contribution < -0.4 is 10.2 Å². The van der Waals surface area contributed by atoms with E-state index in [-0.39, 0.29) is 0 Å². The van der Waals surface area contributed by atoms with Gasteiger partial charge in [0.2, 0.25) is 0 Å². The molecule has 6 nitrogen and oxygen atoms in total. The third-order valence-electron chi connectivity index (χ3n) is 5.17. The minimum absolute atomic E-state index is 0.658. The first-order chi connectivity index (χ1) is 12.4. The third kappa shape index (κ3) is 2.98. The molecule has 0 bridgehead atoms. The monoisotopic (exact) mass is 334 g/mol. The molecule has 3 heterocycles. The molecule has 2 fully saturated rings. The van der Waals surface area contributed by atoms with Crippen LogP contribution in [0.25, 0.3) is 17.0 Å². The summed E-state index contributed by atoms with van der Waals surface area (Å²) >= 11 is 0. The predicted molar refractivity (Wildman–Crippen MR) is 97.6 cm³/mol. The third-order valence-corrected chi connectivity index (χ3v) is 5.17. The summed E-state index contributed by atoms with van der Waals surface area (Å²) in [5, 5.41) is 8.15. The van der Waals surface area contributed by atoms with Crippen molar-refractivity contribution in [3.05, 3.63) is 42.7 Å². The minimum Gasteiger partial charge on any atom is -0.356 e. The Labute approximate surface area is 146 Å². The molecule has 1 aromatic carbocycles. The average Bonchev–Trinajstić information content (AvgIpc) is 3.35. The van der Waals surface area contributed by atoms with Crippen molar-refractivity contribution >= 4 is 11.6 Å². The van der Waals surface area contributed by atoms with Crippen LogP contribution in [0.15, 0.2) is 42.7 Å². The molecule has 1 aliphatic carbocycles. The van der Waals surface area contributed by atoms with Crippen molar-refractivity contribution in [2.24, 2.45) is 0 Å². The van der Waals surface area contributed by atoms with Gasteiger partial charge in [-0.1, -0.05) is 30.3 Å². The van der Waals surface area contributed by atoms with E-state index in [9.17, 15) is 0 Å². The lowest BCUT2D eigenvalue weighted by molar-refractivity contribution is 0.410. The maximum absolute atomic E-state index is 4.67. The molecular weight excluding hydrogens is 312 g/mol. The number of nitrogens with one attached hydrogen (secondary N) is 1. The summed E-state index contributed by atoms with van der Waals surface area (Å²) in [7, 11) is 0. The summed E-state index contributed by atoms with van der Waals surface area (Å²) in [6.07, 6.45) is 6.64.